The molecule has 1 aliphatic heterocycles. The number of nitrogens with two attached hydrogens (primary N) is 1. The van der Waals surface area contributed by atoms with Gasteiger partial charge in [-0.1, -0.05) is 0 Å². The molecule has 1 aromatic heterocycles. The number of piperazine rings is 1. The standard InChI is InChI=1S/C12H25N9/c1-4-20(5-2)12-15-10(17-13)14-11(16-12)18-21-8-6-19(3)7-9-21/h4-9,13H2,1-3H3,(H2,14,15,16,17,18). The molecule has 2 heterocycles. The highest BCUT2D eigenvalue weighted by Gasteiger charge is 2.16. The van der Waals surface area contributed by atoms with Crippen molar-refractivity contribution in [1.82, 2.24) is 24.9 Å². The molecule has 0 bridgehead atoms. The molecule has 118 valence electrons. The van der Waals surface area contributed by atoms with Crippen molar-refractivity contribution >= 4 is 17.8 Å². The predicted molar refractivity (Wildman–Crippen MR) is 83.9 cm³/mol. The molecule has 0 spiro atoms. The second-order valence-electron chi connectivity index (χ2n) is 5.00. The summed E-state index contributed by atoms with van der Waals surface area (Å²) in [5.41, 5.74) is 5.74. The fourth-order valence-electron chi connectivity index (χ4n) is 2.19. The first-order valence-corrected chi connectivity index (χ1v) is 7.34. The summed E-state index contributed by atoms with van der Waals surface area (Å²) in [6, 6.07) is 0. The third-order valence-electron chi connectivity index (χ3n) is 3.56. The third kappa shape index (κ3) is 4.13. The Balaban J connectivity index is 2.12. The van der Waals surface area contributed by atoms with Crippen molar-refractivity contribution < 1.29 is 0 Å². The summed E-state index contributed by atoms with van der Waals surface area (Å²) in [7, 11) is 2.12. The van der Waals surface area contributed by atoms with E-state index in [0.29, 0.717) is 17.8 Å². The average molecular weight is 295 g/mol. The fourth-order valence-corrected chi connectivity index (χ4v) is 2.19. The summed E-state index contributed by atoms with van der Waals surface area (Å²) in [4.78, 5) is 17.4. The van der Waals surface area contributed by atoms with Crippen LogP contribution in [0.4, 0.5) is 17.8 Å². The molecular weight excluding hydrogens is 270 g/mol. The quantitative estimate of drug-likeness (QED) is 0.477. The number of aromatic nitrogens is 3. The zero-order valence-corrected chi connectivity index (χ0v) is 13.0. The zero-order valence-electron chi connectivity index (χ0n) is 13.0. The second kappa shape index (κ2) is 7.34. The van der Waals surface area contributed by atoms with Crippen LogP contribution in [0.1, 0.15) is 13.8 Å². The maximum atomic E-state index is 5.45. The highest BCUT2D eigenvalue weighted by Crippen LogP contribution is 2.13. The molecule has 9 heteroatoms. The first-order chi connectivity index (χ1) is 10.2. The van der Waals surface area contributed by atoms with E-state index in [1.54, 1.807) is 0 Å². The summed E-state index contributed by atoms with van der Waals surface area (Å²) in [5.74, 6) is 6.96. The van der Waals surface area contributed by atoms with Crippen LogP contribution in [-0.4, -0.2) is 71.2 Å². The van der Waals surface area contributed by atoms with Gasteiger partial charge in [-0.25, -0.2) is 10.9 Å². The number of hydrogen-bond acceptors (Lipinski definition) is 9. The van der Waals surface area contributed by atoms with Crippen molar-refractivity contribution in [2.75, 3.05) is 62.1 Å². The van der Waals surface area contributed by atoms with Gasteiger partial charge < -0.3 is 9.80 Å². The smallest absolute Gasteiger partial charge is 0.244 e. The largest absolute Gasteiger partial charge is 0.341 e. The molecule has 0 saturated carbocycles. The van der Waals surface area contributed by atoms with E-state index in [0.717, 1.165) is 39.3 Å². The molecule has 1 aromatic rings. The second-order valence-corrected chi connectivity index (χ2v) is 5.00. The van der Waals surface area contributed by atoms with Crippen molar-refractivity contribution in [2.45, 2.75) is 13.8 Å². The number of hydrazine groups is 2. The van der Waals surface area contributed by atoms with Crippen LogP contribution in [0.15, 0.2) is 0 Å². The molecule has 0 amide bonds. The van der Waals surface area contributed by atoms with E-state index in [2.05, 4.69) is 61.5 Å². The van der Waals surface area contributed by atoms with Gasteiger partial charge in [0.15, 0.2) is 0 Å². The molecule has 0 aliphatic carbocycles. The molecule has 0 unspecified atom stereocenters. The van der Waals surface area contributed by atoms with Crippen LogP contribution in [0.25, 0.3) is 0 Å². The Bertz CT molecular complexity index is 440. The minimum Gasteiger partial charge on any atom is -0.341 e. The number of nitrogens with one attached hydrogen (secondary N) is 2. The summed E-state index contributed by atoms with van der Waals surface area (Å²) in [6.07, 6.45) is 0. The van der Waals surface area contributed by atoms with E-state index in [4.69, 9.17) is 5.84 Å². The van der Waals surface area contributed by atoms with Crippen LogP contribution < -0.4 is 21.6 Å². The molecule has 9 nitrogen and oxygen atoms in total. The lowest BCUT2D eigenvalue weighted by atomic mass is 10.4. The maximum absolute atomic E-state index is 5.45. The highest BCUT2D eigenvalue weighted by molar-refractivity contribution is 5.42. The molecule has 2 rings (SSSR count). The van der Waals surface area contributed by atoms with E-state index < -0.39 is 0 Å². The minimum absolute atomic E-state index is 0.364. The SMILES string of the molecule is CCN(CC)c1nc(NN)nc(NN2CCN(C)CC2)n1. The highest BCUT2D eigenvalue weighted by atomic mass is 15.6. The molecule has 1 fully saturated rings. The Hall–Kier alpha value is -1.71. The lowest BCUT2D eigenvalue weighted by molar-refractivity contribution is 0.178. The molecule has 1 saturated heterocycles. The molecule has 4 N–H and O–H groups in total. The van der Waals surface area contributed by atoms with Crippen LogP contribution in [0.2, 0.25) is 0 Å². The van der Waals surface area contributed by atoms with Crippen LogP contribution in [0.3, 0.4) is 0 Å². The van der Waals surface area contributed by atoms with Gasteiger partial charge in [0.1, 0.15) is 0 Å². The summed E-state index contributed by atoms with van der Waals surface area (Å²) < 4.78 is 0. The predicted octanol–water partition coefficient (Wildman–Crippen LogP) is -0.422. The number of hydrogen-bond donors (Lipinski definition) is 3. The van der Waals surface area contributed by atoms with Gasteiger partial charge in [0.2, 0.25) is 17.8 Å². The Morgan fingerprint density at radius 1 is 1.05 bits per heavy atom. The topological polar surface area (TPSA) is 98.5 Å². The van der Waals surface area contributed by atoms with Gasteiger partial charge in [-0.2, -0.15) is 15.0 Å². The first kappa shape index (κ1) is 15.7. The summed E-state index contributed by atoms with van der Waals surface area (Å²) in [5, 5.41) is 2.11. The number of nitrogens with zero attached hydrogens (tertiary/aromatic N) is 6. The molecule has 21 heavy (non-hydrogen) atoms. The normalized spacial score (nSPS) is 16.8. The lowest BCUT2D eigenvalue weighted by Gasteiger charge is -2.32. The monoisotopic (exact) mass is 295 g/mol. The minimum atomic E-state index is 0.364. The lowest BCUT2D eigenvalue weighted by Crippen LogP contribution is -2.47. The first-order valence-electron chi connectivity index (χ1n) is 7.34. The maximum Gasteiger partial charge on any atom is 0.244 e. The number of rotatable bonds is 6. The zero-order chi connectivity index (χ0) is 15.2. The van der Waals surface area contributed by atoms with Gasteiger partial charge in [-0.3, -0.25) is 10.9 Å². The third-order valence-corrected chi connectivity index (χ3v) is 3.56. The fraction of sp³-hybridized carbons (Fsp3) is 0.750. The van der Waals surface area contributed by atoms with Gasteiger partial charge in [-0.15, -0.1) is 0 Å². The molecule has 0 radical (unpaired) electrons. The Labute approximate surface area is 125 Å². The number of nitrogen functional groups attached to an aromatic ring is 1. The van der Waals surface area contributed by atoms with Crippen molar-refractivity contribution in [2.24, 2.45) is 5.84 Å². The van der Waals surface area contributed by atoms with Crippen molar-refractivity contribution in [3.8, 4) is 0 Å². The van der Waals surface area contributed by atoms with Crippen molar-refractivity contribution in [3.63, 3.8) is 0 Å². The average Bonchev–Trinajstić information content (AvgIpc) is 2.50. The Morgan fingerprint density at radius 3 is 2.24 bits per heavy atom. The molecule has 0 aromatic carbocycles. The molecular formula is C12H25N9. The van der Waals surface area contributed by atoms with Crippen LogP contribution in [0.5, 0.6) is 0 Å². The van der Waals surface area contributed by atoms with Crippen LogP contribution in [-0.2, 0) is 0 Å². The number of anilines is 3. The van der Waals surface area contributed by atoms with Crippen LogP contribution in [0, 0.1) is 0 Å². The van der Waals surface area contributed by atoms with Gasteiger partial charge in [-0.05, 0) is 20.9 Å². The van der Waals surface area contributed by atoms with Crippen molar-refractivity contribution in [3.05, 3.63) is 0 Å². The molecule has 1 aliphatic rings. The summed E-state index contributed by atoms with van der Waals surface area (Å²) in [6.45, 7) is 9.68. The van der Waals surface area contributed by atoms with Gasteiger partial charge in [0, 0.05) is 39.3 Å². The van der Waals surface area contributed by atoms with Gasteiger partial charge >= 0.3 is 0 Å². The van der Waals surface area contributed by atoms with E-state index >= 15 is 0 Å². The van der Waals surface area contributed by atoms with E-state index in [9.17, 15) is 0 Å². The van der Waals surface area contributed by atoms with Crippen molar-refractivity contribution in [1.29, 1.82) is 0 Å². The summed E-state index contributed by atoms with van der Waals surface area (Å²) >= 11 is 0. The Kier molecular flexibility index (Phi) is 5.48. The van der Waals surface area contributed by atoms with E-state index in [-0.39, 0.29) is 0 Å². The molecule has 0 atom stereocenters. The number of likely N-dealkylation sites (N-methyl/N-ethyl adjacent to an activating group) is 1. The van der Waals surface area contributed by atoms with Gasteiger partial charge in [0.05, 0.1) is 0 Å². The van der Waals surface area contributed by atoms with E-state index in [1.807, 2.05) is 0 Å². The Morgan fingerprint density at radius 2 is 1.67 bits per heavy atom. The van der Waals surface area contributed by atoms with E-state index in [1.165, 1.54) is 0 Å². The van der Waals surface area contributed by atoms with Crippen LogP contribution >= 0.6 is 0 Å². The van der Waals surface area contributed by atoms with Gasteiger partial charge in [0.25, 0.3) is 0 Å².